The molecule has 0 N–H and O–H groups in total. The van der Waals surface area contributed by atoms with Crippen LogP contribution in [-0.2, 0) is 0 Å². The fourth-order valence-corrected chi connectivity index (χ4v) is 15.7. The lowest BCUT2D eigenvalue weighted by molar-refractivity contribution is 0.672. The third kappa shape index (κ3) is 5.81. The molecule has 21 rings (SSSR count). The van der Waals surface area contributed by atoms with E-state index in [1.54, 1.807) is 0 Å². The van der Waals surface area contributed by atoms with E-state index in [1.807, 2.05) is 97.1 Å². The van der Waals surface area contributed by atoms with E-state index in [0.717, 1.165) is 175 Å². The Hall–Kier alpha value is -12.8. The second-order valence-corrected chi connectivity index (χ2v) is 23.5. The first kappa shape index (κ1) is 47.5. The van der Waals surface area contributed by atoms with Crippen LogP contribution in [0.15, 0.2) is 260 Å². The summed E-state index contributed by atoms with van der Waals surface area (Å²) in [6.07, 6.45) is 0. The molecule has 0 fully saturated rings. The van der Waals surface area contributed by atoms with Crippen LogP contribution in [0.5, 0.6) is 0 Å². The van der Waals surface area contributed by atoms with Crippen molar-refractivity contribution in [1.29, 1.82) is 10.5 Å². The van der Waals surface area contributed by atoms with Gasteiger partial charge in [-0.25, -0.2) is 0 Å². The Morgan fingerprint density at radius 3 is 0.656 bits per heavy atom. The minimum atomic E-state index is 0.310. The fourth-order valence-electron chi connectivity index (χ4n) is 15.7. The summed E-state index contributed by atoms with van der Waals surface area (Å²) in [7, 11) is 0. The van der Waals surface area contributed by atoms with E-state index in [1.165, 1.54) is 0 Å². The zero-order valence-electron chi connectivity index (χ0n) is 47.4. The molecule has 0 aliphatic rings. The second-order valence-electron chi connectivity index (χ2n) is 23.5. The van der Waals surface area contributed by atoms with Gasteiger partial charge in [-0.1, -0.05) is 146 Å². The van der Waals surface area contributed by atoms with Crippen LogP contribution in [0.4, 0.5) is 0 Å². The van der Waals surface area contributed by atoms with Crippen molar-refractivity contribution in [2.45, 2.75) is 0 Å². The molecule has 414 valence electrons. The number of rotatable bonds is 4. The van der Waals surface area contributed by atoms with E-state index in [0.29, 0.717) is 33.9 Å². The molecule has 21 aromatic rings. The van der Waals surface area contributed by atoms with Gasteiger partial charge in [-0.3, -0.25) is 0 Å². The Morgan fingerprint density at radius 1 is 0.211 bits per heavy atom. The quantitative estimate of drug-likeness (QED) is 0.173. The molecule has 8 heterocycles. The van der Waals surface area contributed by atoms with Crippen LogP contribution in [0, 0.1) is 22.7 Å². The molecule has 0 radical (unpaired) electrons. The molecule has 0 unspecified atom stereocenters. The average molecular weight is 1150 g/mol. The van der Waals surface area contributed by atoms with Crippen LogP contribution in [0.1, 0.15) is 11.1 Å². The number of hydrogen-bond acceptors (Lipinski definition) is 6. The van der Waals surface area contributed by atoms with Gasteiger partial charge in [0.2, 0.25) is 0 Å². The van der Waals surface area contributed by atoms with Crippen molar-refractivity contribution in [3.8, 4) is 34.9 Å². The number of aromatic nitrogens is 4. The molecule has 0 aliphatic heterocycles. The predicted octanol–water partition coefficient (Wildman–Crippen LogP) is 21.4. The molecule has 0 bridgehead atoms. The molecule has 13 aromatic carbocycles. The molecule has 0 atom stereocenters. The van der Waals surface area contributed by atoms with Crippen molar-refractivity contribution in [2.75, 3.05) is 0 Å². The predicted molar refractivity (Wildman–Crippen MR) is 362 cm³/mol. The number of furan rings is 4. The number of benzene rings is 13. The number of para-hydroxylation sites is 8. The highest BCUT2D eigenvalue weighted by atomic mass is 16.3. The maximum absolute atomic E-state index is 13.2. The van der Waals surface area contributed by atoms with Crippen molar-refractivity contribution in [3.05, 3.63) is 254 Å². The molecule has 0 spiro atoms. The lowest BCUT2D eigenvalue weighted by Crippen LogP contribution is -2.16. The Balaban J connectivity index is 1.05. The Kier molecular flexibility index (Phi) is 8.98. The van der Waals surface area contributed by atoms with Gasteiger partial charge < -0.3 is 35.9 Å². The number of hydrogen-bond donors (Lipinski definition) is 0. The summed E-state index contributed by atoms with van der Waals surface area (Å²) in [5, 5.41) is 41.5. The zero-order valence-corrected chi connectivity index (χ0v) is 47.4. The van der Waals surface area contributed by atoms with E-state index in [4.69, 9.17) is 17.7 Å². The van der Waals surface area contributed by atoms with Gasteiger partial charge in [0, 0.05) is 64.6 Å². The molecule has 90 heavy (non-hydrogen) atoms. The molecular formula is C80H40N6O4. The molecule has 0 amide bonds. The summed E-state index contributed by atoms with van der Waals surface area (Å²) < 4.78 is 36.8. The zero-order chi connectivity index (χ0) is 58.8. The summed E-state index contributed by atoms with van der Waals surface area (Å²) in [4.78, 5) is 0. The van der Waals surface area contributed by atoms with Crippen LogP contribution in [0.3, 0.4) is 0 Å². The third-order valence-electron chi connectivity index (χ3n) is 19.2. The molecule has 10 nitrogen and oxygen atoms in total. The van der Waals surface area contributed by atoms with Crippen LogP contribution >= 0.6 is 0 Å². The van der Waals surface area contributed by atoms with Gasteiger partial charge >= 0.3 is 0 Å². The number of fused-ring (bicyclic) bond motifs is 28. The van der Waals surface area contributed by atoms with E-state index in [-0.39, 0.29) is 0 Å². The Morgan fingerprint density at radius 2 is 0.422 bits per heavy atom. The summed E-state index contributed by atoms with van der Waals surface area (Å²) in [5.74, 6) is 0. The molecule has 10 heteroatoms. The van der Waals surface area contributed by atoms with E-state index >= 15 is 0 Å². The maximum atomic E-state index is 13.2. The average Bonchev–Trinajstić information content (AvgIpc) is 1.48. The van der Waals surface area contributed by atoms with Gasteiger partial charge in [0.25, 0.3) is 0 Å². The van der Waals surface area contributed by atoms with Crippen molar-refractivity contribution in [3.63, 3.8) is 0 Å². The molecule has 8 aromatic heterocycles. The minimum Gasteiger partial charge on any atom is -0.455 e. The summed E-state index contributed by atoms with van der Waals surface area (Å²) in [5.41, 5.74) is 15.0. The Bertz CT molecular complexity index is 6130. The minimum absolute atomic E-state index is 0.310. The van der Waals surface area contributed by atoms with Gasteiger partial charge in [-0.15, -0.1) is 0 Å². The van der Waals surface area contributed by atoms with Crippen LogP contribution < -0.4 is 0 Å². The number of nitriles is 2. The SMILES string of the molecule is N#Cc1c(-n2c3ccccc3c3c4oc5ccccc5c4ccc32)c(-n2c3ccccc3c3c4oc5ccccc5c4ccc32)c(C#N)c(-n2c3ccccc3c3c4oc5ccccc5c4ccc32)c1-n1c2ccccc2c2c3oc4ccccc4c3ccc21. The molecular weight excluding hydrogens is 1110 g/mol. The van der Waals surface area contributed by atoms with Crippen molar-refractivity contribution in [1.82, 2.24) is 18.3 Å². The van der Waals surface area contributed by atoms with E-state index in [9.17, 15) is 10.5 Å². The highest BCUT2D eigenvalue weighted by molar-refractivity contribution is 6.29. The summed E-state index contributed by atoms with van der Waals surface area (Å²) >= 11 is 0. The van der Waals surface area contributed by atoms with Gasteiger partial charge in [-0.05, 0) is 97.1 Å². The standard InChI is InChI=1S/C80H40N6O4/c81-41-55-73(83-57-25-9-1-21-51(57)69-61(83)37-33-47-43-17-5-13-29-65(43)87-77(47)69)74(84-58-26-10-2-22-52(58)70-62(84)38-34-48-44-18-6-14-30-66(44)88-78(48)70)56(42-82)76(86-60-28-12-4-24-54(60)72-64(86)40-36-50-46-20-8-16-32-68(46)90-80(50)72)75(55)85-59-27-11-3-23-53(59)71-63(85)39-35-49-45-19-7-15-31-67(45)89-79(49)71/h1-40H. The smallest absolute Gasteiger partial charge is 0.145 e. The van der Waals surface area contributed by atoms with Gasteiger partial charge in [0.15, 0.2) is 0 Å². The lowest BCUT2D eigenvalue weighted by Gasteiger charge is -2.27. The molecule has 0 saturated carbocycles. The summed E-state index contributed by atoms with van der Waals surface area (Å²) in [6, 6.07) is 89.1. The van der Waals surface area contributed by atoms with Gasteiger partial charge in [-0.2, -0.15) is 10.5 Å². The maximum Gasteiger partial charge on any atom is 0.145 e. The first-order valence-corrected chi connectivity index (χ1v) is 30.0. The summed E-state index contributed by atoms with van der Waals surface area (Å²) in [6.45, 7) is 0. The van der Waals surface area contributed by atoms with Crippen molar-refractivity contribution < 1.29 is 17.7 Å². The second kappa shape index (κ2) is 17.0. The monoisotopic (exact) mass is 1150 g/mol. The van der Waals surface area contributed by atoms with E-state index in [2.05, 4.69) is 176 Å². The molecule has 0 saturated heterocycles. The highest BCUT2D eigenvalue weighted by Gasteiger charge is 2.36. The van der Waals surface area contributed by atoms with E-state index < -0.39 is 0 Å². The first-order valence-electron chi connectivity index (χ1n) is 30.0. The van der Waals surface area contributed by atoms with Gasteiger partial charge in [0.1, 0.15) is 67.9 Å². The van der Waals surface area contributed by atoms with Crippen molar-refractivity contribution in [2.24, 2.45) is 0 Å². The Labute approximate surface area is 507 Å². The van der Waals surface area contributed by atoms with Crippen LogP contribution in [0.25, 0.3) is 198 Å². The van der Waals surface area contributed by atoms with Gasteiger partial charge in [0.05, 0.1) is 88.4 Å². The number of nitrogens with zero attached hydrogens (tertiary/aromatic N) is 6. The highest BCUT2D eigenvalue weighted by Crippen LogP contribution is 2.52. The molecule has 0 aliphatic carbocycles. The van der Waals surface area contributed by atoms with Crippen LogP contribution in [-0.4, -0.2) is 18.3 Å². The van der Waals surface area contributed by atoms with Crippen molar-refractivity contribution >= 4 is 175 Å². The fraction of sp³-hybridized carbons (Fsp3) is 0. The first-order chi connectivity index (χ1) is 44.6. The lowest BCUT2D eigenvalue weighted by atomic mass is 9.98. The van der Waals surface area contributed by atoms with Crippen LogP contribution in [0.2, 0.25) is 0 Å². The normalized spacial score (nSPS) is 12.4. The topological polar surface area (TPSA) is 120 Å². The largest absolute Gasteiger partial charge is 0.455 e. The third-order valence-corrected chi connectivity index (χ3v) is 19.2.